The van der Waals surface area contributed by atoms with E-state index in [4.69, 9.17) is 9.15 Å². The molecule has 0 radical (unpaired) electrons. The lowest BCUT2D eigenvalue weighted by Gasteiger charge is -2.22. The summed E-state index contributed by atoms with van der Waals surface area (Å²) in [4.78, 5) is 19.1. The van der Waals surface area contributed by atoms with Crippen LogP contribution < -0.4 is 4.74 Å². The van der Waals surface area contributed by atoms with Gasteiger partial charge < -0.3 is 18.6 Å². The number of carbonyl (C=O) groups is 1. The molecule has 0 unspecified atom stereocenters. The Balaban J connectivity index is 1.59. The number of nitrogens with zero attached hydrogens (tertiary/aromatic N) is 3. The van der Waals surface area contributed by atoms with Gasteiger partial charge in [-0.15, -0.1) is 0 Å². The van der Waals surface area contributed by atoms with Crippen LogP contribution in [0.3, 0.4) is 0 Å². The molecule has 2 aromatic carbocycles. The number of ether oxygens (including phenoxy) is 1. The molecule has 1 amide bonds. The molecular weight excluding hydrogens is 397 g/mol. The number of furan rings is 1. The van der Waals surface area contributed by atoms with Gasteiger partial charge in [0.05, 0.1) is 32.0 Å². The Morgan fingerprint density at radius 3 is 2.77 bits per heavy atom. The number of halogens is 1. The maximum absolute atomic E-state index is 14.3. The quantitative estimate of drug-likeness (QED) is 0.422. The van der Waals surface area contributed by atoms with Crippen molar-refractivity contribution in [3.05, 3.63) is 108 Å². The lowest BCUT2D eigenvalue weighted by atomic mass is 10.1. The standard InChI is InChI=1S/C24H22FN3O3/c1-30-19-7-4-6-18(14-19)15-27-12-11-26-23(27)17-28(16-20-8-5-13-31-20)24(29)21-9-2-3-10-22(21)25/h2-14H,15-17H2,1H3. The number of benzene rings is 2. The van der Waals surface area contributed by atoms with E-state index in [0.717, 1.165) is 11.3 Å². The zero-order valence-corrected chi connectivity index (χ0v) is 17.1. The minimum Gasteiger partial charge on any atom is -0.497 e. The Bertz CT molecular complexity index is 1150. The topological polar surface area (TPSA) is 60.5 Å². The van der Waals surface area contributed by atoms with Crippen LogP contribution in [0, 0.1) is 5.82 Å². The number of carbonyl (C=O) groups excluding carboxylic acids is 1. The second-order valence-electron chi connectivity index (χ2n) is 7.04. The summed E-state index contributed by atoms with van der Waals surface area (Å²) in [6.07, 6.45) is 5.09. The minimum absolute atomic E-state index is 0.0138. The molecule has 0 saturated heterocycles. The van der Waals surface area contributed by atoms with E-state index in [0.29, 0.717) is 18.1 Å². The maximum Gasteiger partial charge on any atom is 0.257 e. The molecule has 158 valence electrons. The first kappa shape index (κ1) is 20.4. The van der Waals surface area contributed by atoms with E-state index in [1.54, 1.807) is 43.8 Å². The van der Waals surface area contributed by atoms with E-state index in [9.17, 15) is 9.18 Å². The van der Waals surface area contributed by atoms with Gasteiger partial charge in [-0.05, 0) is 42.0 Å². The Morgan fingerprint density at radius 1 is 1.13 bits per heavy atom. The van der Waals surface area contributed by atoms with Crippen LogP contribution in [0.1, 0.15) is 27.5 Å². The monoisotopic (exact) mass is 419 g/mol. The summed E-state index contributed by atoms with van der Waals surface area (Å²) >= 11 is 0. The third-order valence-corrected chi connectivity index (χ3v) is 4.94. The molecule has 0 N–H and O–H groups in total. The summed E-state index contributed by atoms with van der Waals surface area (Å²) in [5, 5.41) is 0. The molecule has 6 nitrogen and oxygen atoms in total. The molecule has 0 bridgehead atoms. The molecule has 7 heteroatoms. The van der Waals surface area contributed by atoms with Crippen molar-refractivity contribution in [2.24, 2.45) is 0 Å². The van der Waals surface area contributed by atoms with Gasteiger partial charge in [0, 0.05) is 18.9 Å². The van der Waals surface area contributed by atoms with Crippen LogP contribution in [0.2, 0.25) is 0 Å². The Labute approximate surface area is 179 Å². The highest BCUT2D eigenvalue weighted by molar-refractivity contribution is 5.94. The molecule has 31 heavy (non-hydrogen) atoms. The molecule has 0 aliphatic carbocycles. The highest BCUT2D eigenvalue weighted by Crippen LogP contribution is 2.18. The van der Waals surface area contributed by atoms with Gasteiger partial charge in [-0.1, -0.05) is 24.3 Å². The van der Waals surface area contributed by atoms with Crippen LogP contribution in [-0.2, 0) is 19.6 Å². The summed E-state index contributed by atoms with van der Waals surface area (Å²) in [6.45, 7) is 0.964. The summed E-state index contributed by atoms with van der Waals surface area (Å²) < 4.78 is 27.0. The smallest absolute Gasteiger partial charge is 0.257 e. The fourth-order valence-corrected chi connectivity index (χ4v) is 3.37. The molecule has 0 saturated carbocycles. The predicted molar refractivity (Wildman–Crippen MR) is 113 cm³/mol. The third-order valence-electron chi connectivity index (χ3n) is 4.94. The van der Waals surface area contributed by atoms with Gasteiger partial charge in [0.1, 0.15) is 23.2 Å². The molecular formula is C24H22FN3O3. The van der Waals surface area contributed by atoms with Crippen molar-refractivity contribution >= 4 is 5.91 Å². The molecule has 0 spiro atoms. The average Bonchev–Trinajstić information content (AvgIpc) is 3.46. The van der Waals surface area contributed by atoms with Crippen molar-refractivity contribution in [3.8, 4) is 5.75 Å². The summed E-state index contributed by atoms with van der Waals surface area (Å²) in [6, 6.07) is 17.3. The minimum atomic E-state index is -0.559. The zero-order chi connectivity index (χ0) is 21.6. The van der Waals surface area contributed by atoms with Crippen molar-refractivity contribution in [2.45, 2.75) is 19.6 Å². The van der Waals surface area contributed by atoms with E-state index in [2.05, 4.69) is 4.98 Å². The molecule has 0 fully saturated rings. The predicted octanol–water partition coefficient (Wildman–Crippen LogP) is 4.51. The van der Waals surface area contributed by atoms with Crippen molar-refractivity contribution in [1.82, 2.24) is 14.5 Å². The summed E-state index contributed by atoms with van der Waals surface area (Å²) in [5.74, 6) is 1.07. The summed E-state index contributed by atoms with van der Waals surface area (Å²) in [7, 11) is 1.63. The summed E-state index contributed by atoms with van der Waals surface area (Å²) in [5.41, 5.74) is 1.05. The van der Waals surface area contributed by atoms with Gasteiger partial charge in [0.25, 0.3) is 5.91 Å². The Kier molecular flexibility index (Phi) is 6.12. The molecule has 0 aliphatic rings. The first-order valence-electron chi connectivity index (χ1n) is 9.83. The Morgan fingerprint density at radius 2 is 2.00 bits per heavy atom. The van der Waals surface area contributed by atoms with Crippen LogP contribution in [0.15, 0.2) is 83.7 Å². The molecule has 0 atom stereocenters. The van der Waals surface area contributed by atoms with E-state index in [1.165, 1.54) is 17.0 Å². The second kappa shape index (κ2) is 9.30. The average molecular weight is 419 g/mol. The number of rotatable bonds is 8. The molecule has 2 heterocycles. The SMILES string of the molecule is COc1cccc(Cn2ccnc2CN(Cc2ccco2)C(=O)c2ccccc2F)c1. The number of hydrogen-bond acceptors (Lipinski definition) is 4. The van der Waals surface area contributed by atoms with Gasteiger partial charge in [0.15, 0.2) is 0 Å². The number of imidazole rings is 1. The number of hydrogen-bond donors (Lipinski definition) is 0. The van der Waals surface area contributed by atoms with Gasteiger partial charge in [0.2, 0.25) is 0 Å². The highest BCUT2D eigenvalue weighted by atomic mass is 19.1. The van der Waals surface area contributed by atoms with Crippen molar-refractivity contribution < 1.29 is 18.3 Å². The normalized spacial score (nSPS) is 10.8. The second-order valence-corrected chi connectivity index (χ2v) is 7.04. The van der Waals surface area contributed by atoms with Gasteiger partial charge in [-0.2, -0.15) is 0 Å². The fraction of sp³-hybridized carbons (Fsp3) is 0.167. The van der Waals surface area contributed by atoms with E-state index in [-0.39, 0.29) is 18.7 Å². The number of amides is 1. The highest BCUT2D eigenvalue weighted by Gasteiger charge is 2.22. The number of aromatic nitrogens is 2. The lowest BCUT2D eigenvalue weighted by molar-refractivity contribution is 0.0706. The number of methoxy groups -OCH3 is 1. The molecule has 4 aromatic rings. The van der Waals surface area contributed by atoms with Gasteiger partial charge in [-0.3, -0.25) is 4.79 Å². The molecule has 2 aromatic heterocycles. The first-order valence-corrected chi connectivity index (χ1v) is 9.83. The van der Waals surface area contributed by atoms with Gasteiger partial charge in [-0.25, -0.2) is 9.37 Å². The van der Waals surface area contributed by atoms with Crippen LogP contribution in [0.4, 0.5) is 4.39 Å². The van der Waals surface area contributed by atoms with E-state index < -0.39 is 11.7 Å². The zero-order valence-electron chi connectivity index (χ0n) is 17.1. The van der Waals surface area contributed by atoms with Crippen LogP contribution in [-0.4, -0.2) is 27.5 Å². The van der Waals surface area contributed by atoms with E-state index in [1.807, 2.05) is 35.0 Å². The third kappa shape index (κ3) is 4.83. The lowest BCUT2D eigenvalue weighted by Crippen LogP contribution is -2.32. The van der Waals surface area contributed by atoms with Crippen molar-refractivity contribution in [2.75, 3.05) is 7.11 Å². The molecule has 0 aliphatic heterocycles. The van der Waals surface area contributed by atoms with Crippen LogP contribution in [0.25, 0.3) is 0 Å². The largest absolute Gasteiger partial charge is 0.497 e. The van der Waals surface area contributed by atoms with E-state index >= 15 is 0 Å². The van der Waals surface area contributed by atoms with Gasteiger partial charge >= 0.3 is 0 Å². The maximum atomic E-state index is 14.3. The van der Waals surface area contributed by atoms with Crippen LogP contribution >= 0.6 is 0 Å². The first-order chi connectivity index (χ1) is 15.1. The van der Waals surface area contributed by atoms with Crippen LogP contribution in [0.5, 0.6) is 5.75 Å². The fourth-order valence-electron chi connectivity index (χ4n) is 3.37. The van der Waals surface area contributed by atoms with Crippen molar-refractivity contribution in [3.63, 3.8) is 0 Å². The van der Waals surface area contributed by atoms with Crippen molar-refractivity contribution in [1.29, 1.82) is 0 Å². The molecule has 4 rings (SSSR count). The Hall–Kier alpha value is -3.87.